The number of hydrogen-bond donors (Lipinski definition) is 2. The van der Waals surface area contributed by atoms with Gasteiger partial charge >= 0.3 is 61.5 Å². The van der Waals surface area contributed by atoms with Crippen molar-refractivity contribution in [1.29, 1.82) is 0 Å². The molecule has 2 aliphatic heterocycles. The van der Waals surface area contributed by atoms with Crippen LogP contribution in [0.1, 0.15) is 20.3 Å². The normalized spacial score (nSPS) is 13.3. The molecule has 0 spiro atoms. The maximum absolute atomic E-state index is 12.6. The quantitative estimate of drug-likeness (QED) is 0.0964. The molecule has 0 aromatic heterocycles. The summed E-state index contributed by atoms with van der Waals surface area (Å²) in [5, 5.41) is 18.9. The molecule has 17 heteroatoms. The number of piperazine rings is 2. The van der Waals surface area contributed by atoms with E-state index in [4.69, 9.17) is 0 Å². The molecule has 4 aromatic rings. The molecule has 2 fully saturated rings. The molecular weight excluding hydrogens is 1050 g/mol. The molecule has 337 valence electrons. The Bertz CT molecular complexity index is 1910. The first-order chi connectivity index (χ1) is 29.7. The molecule has 62 heavy (non-hydrogen) atoms. The van der Waals surface area contributed by atoms with E-state index >= 15 is 0 Å². The van der Waals surface area contributed by atoms with Crippen LogP contribution in [0, 0.1) is 0 Å². The Morgan fingerprint density at radius 3 is 1.06 bits per heavy atom. The average Bonchev–Trinajstić information content (AvgIpc) is 3.29. The minimum absolute atomic E-state index is 0.0334. The number of nitrogens with zero attached hydrogens (tertiary/aromatic N) is 9. The van der Waals surface area contributed by atoms with Gasteiger partial charge in [0.05, 0.1) is 6.67 Å². The third-order valence-corrected chi connectivity index (χ3v) is 10.0. The molecule has 4 aromatic carbocycles. The summed E-state index contributed by atoms with van der Waals surface area (Å²) in [4.78, 5) is 52.4. The Morgan fingerprint density at radius 1 is 0.548 bits per heavy atom. The molecule has 5 amide bonds. The number of anilines is 6. The number of benzene rings is 4. The Hall–Kier alpha value is -4.11. The third-order valence-electron chi connectivity index (χ3n) is 10.0. The second-order valence-corrected chi connectivity index (χ2v) is 26.9. The van der Waals surface area contributed by atoms with Crippen LogP contribution in [0.2, 0.25) is 0 Å². The van der Waals surface area contributed by atoms with Crippen LogP contribution in [0.15, 0.2) is 97.1 Å². The molecule has 0 aliphatic carbocycles. The van der Waals surface area contributed by atoms with Gasteiger partial charge in [0.1, 0.15) is 11.5 Å². The SMILES string of the molecule is CCC.CN(C)CN(C)C(=O)N(C)c1ccc(N2CCN(c3ccc(O)cc3)CC2)cc1.CN(C=O)C(=O)N(C)c1ccc(N2CCN(c3ccc(O)cc3)CC2)cc1.[I][V][I]. The molecule has 0 saturated carbocycles. The Kier molecular flexibility index (Phi) is 22.9. The molecule has 0 atom stereocenters. The second-order valence-electron chi connectivity index (χ2n) is 15.1. The molecule has 2 aliphatic rings. The van der Waals surface area contributed by atoms with Crippen molar-refractivity contribution >= 4 is 92.6 Å². The summed E-state index contributed by atoms with van der Waals surface area (Å²) in [5.41, 5.74) is 6.14. The van der Waals surface area contributed by atoms with Crippen molar-refractivity contribution in [1.82, 2.24) is 14.7 Å². The van der Waals surface area contributed by atoms with Crippen molar-refractivity contribution in [2.45, 2.75) is 20.3 Å². The predicted octanol–water partition coefficient (Wildman–Crippen LogP) is 8.27. The fourth-order valence-corrected chi connectivity index (χ4v) is 6.79. The van der Waals surface area contributed by atoms with E-state index in [2.05, 4.69) is 85.5 Å². The summed E-state index contributed by atoms with van der Waals surface area (Å²) in [5.74, 6) is 0.573. The van der Waals surface area contributed by atoms with E-state index in [0.717, 1.165) is 85.7 Å². The Labute approximate surface area is 397 Å². The number of carbonyl (C=O) groups is 3. The molecule has 14 nitrogen and oxygen atoms in total. The van der Waals surface area contributed by atoms with E-state index in [9.17, 15) is 24.6 Å². The summed E-state index contributed by atoms with van der Waals surface area (Å²) in [7, 11) is 11.2. The van der Waals surface area contributed by atoms with Crippen LogP contribution >= 0.6 is 40.0 Å². The van der Waals surface area contributed by atoms with Crippen molar-refractivity contribution in [2.75, 3.05) is 131 Å². The standard InChI is InChI=1S/C22H31N5O2.C20H24N4O3.C3H8.2HI.V/c1-23(2)17-24(3)22(29)25(4)18-5-7-19(8-6-18)26-13-15-27(16-14-26)20-9-11-21(28)12-10-20;1-21(15-25)20(27)22(2)16-3-5-17(6-4-16)23-11-13-24(14-12-23)18-7-9-19(26)10-8-18;1-3-2;;;/h5-12,28H,13-17H2,1-4H3;3-10,15,26H,11-14H2,1-2H3;3H2,1-2H3;2*1H;/q;;;;;+2/p-2. The van der Waals surface area contributed by atoms with Gasteiger partial charge in [-0.3, -0.25) is 24.4 Å². The molecule has 2 N–H and O–H groups in total. The van der Waals surface area contributed by atoms with E-state index in [-0.39, 0.29) is 17.8 Å². The molecular formula is C45H63I2N9O5V. The number of rotatable bonds is 9. The number of halogens is 2. The van der Waals surface area contributed by atoms with Crippen molar-refractivity contribution in [2.24, 2.45) is 0 Å². The van der Waals surface area contributed by atoms with Gasteiger partial charge in [-0.05, 0) is 111 Å². The fraction of sp³-hybridized carbons (Fsp3) is 0.400. The van der Waals surface area contributed by atoms with Gasteiger partial charge in [0.2, 0.25) is 6.41 Å². The van der Waals surface area contributed by atoms with Crippen LogP contribution in [0.5, 0.6) is 11.5 Å². The van der Waals surface area contributed by atoms with Gasteiger partial charge in [0.15, 0.2) is 0 Å². The minimum atomic E-state index is -0.375. The molecule has 2 saturated heterocycles. The van der Waals surface area contributed by atoms with Crippen LogP contribution in [0.4, 0.5) is 43.7 Å². The van der Waals surface area contributed by atoms with Crippen LogP contribution < -0.4 is 29.4 Å². The molecule has 0 radical (unpaired) electrons. The van der Waals surface area contributed by atoms with E-state index in [1.54, 1.807) is 55.2 Å². The first-order valence-corrected chi connectivity index (χ1v) is 29.5. The number of phenols is 2. The average molecular weight is 1110 g/mol. The van der Waals surface area contributed by atoms with Crippen molar-refractivity contribution in [3.63, 3.8) is 0 Å². The van der Waals surface area contributed by atoms with Crippen LogP contribution in [0.25, 0.3) is 0 Å². The number of aromatic hydroxyl groups is 2. The summed E-state index contributed by atoms with van der Waals surface area (Å²) in [6, 6.07) is 30.2. The summed E-state index contributed by atoms with van der Waals surface area (Å²) >= 11 is 4.74. The van der Waals surface area contributed by atoms with E-state index in [1.807, 2.05) is 79.7 Å². The van der Waals surface area contributed by atoms with Crippen molar-refractivity contribution in [3.05, 3.63) is 97.1 Å². The monoisotopic (exact) mass is 1110 g/mol. The van der Waals surface area contributed by atoms with Crippen molar-refractivity contribution in [3.8, 4) is 11.5 Å². The molecule has 0 unspecified atom stereocenters. The number of urea groups is 2. The zero-order chi connectivity index (χ0) is 45.8. The van der Waals surface area contributed by atoms with E-state index < -0.39 is 0 Å². The molecule has 2 heterocycles. The summed E-state index contributed by atoms with van der Waals surface area (Å²) in [6.45, 7) is 12.1. The first-order valence-electron chi connectivity index (χ1n) is 20.5. The van der Waals surface area contributed by atoms with Gasteiger partial charge in [0.25, 0.3) is 0 Å². The van der Waals surface area contributed by atoms with Crippen LogP contribution in [-0.4, -0.2) is 145 Å². The zero-order valence-electron chi connectivity index (χ0n) is 37.2. The Balaban J connectivity index is 0.000000294. The fourth-order valence-electron chi connectivity index (χ4n) is 6.79. The summed E-state index contributed by atoms with van der Waals surface area (Å²) in [6.07, 6.45) is 1.75. The second kappa shape index (κ2) is 27.2. The number of phenolic OH excluding ortho intramolecular Hbond substituents is 2. The van der Waals surface area contributed by atoms with E-state index in [0.29, 0.717) is 28.3 Å². The van der Waals surface area contributed by atoms with Crippen molar-refractivity contribution < 1.29 is 34.1 Å². The topological polar surface area (TPSA) is 121 Å². The van der Waals surface area contributed by atoms with Gasteiger partial charge in [-0.2, -0.15) is 0 Å². The Morgan fingerprint density at radius 2 is 0.806 bits per heavy atom. The number of carbonyl (C=O) groups excluding carboxylic acids is 3. The van der Waals surface area contributed by atoms with Gasteiger partial charge in [0, 0.05) is 115 Å². The summed E-state index contributed by atoms with van der Waals surface area (Å²) < 4.78 is 0. The molecule has 0 bridgehead atoms. The molecule has 6 rings (SSSR count). The number of amides is 5. The van der Waals surface area contributed by atoms with Gasteiger partial charge in [-0.25, -0.2) is 9.59 Å². The first kappa shape index (κ1) is 52.2. The zero-order valence-corrected chi connectivity index (χ0v) is 42.9. The number of hydrogen-bond acceptors (Lipinski definition) is 10. The predicted molar refractivity (Wildman–Crippen MR) is 270 cm³/mol. The van der Waals surface area contributed by atoms with E-state index in [1.165, 1.54) is 24.1 Å². The van der Waals surface area contributed by atoms with Gasteiger partial charge in [-0.1, -0.05) is 20.3 Å². The van der Waals surface area contributed by atoms with Crippen LogP contribution in [-0.2, 0) is 14.3 Å². The maximum atomic E-state index is 12.6. The van der Waals surface area contributed by atoms with Gasteiger partial charge < -0.3 is 34.7 Å². The number of imide groups is 1. The van der Waals surface area contributed by atoms with Crippen LogP contribution in [0.3, 0.4) is 0 Å². The third kappa shape index (κ3) is 16.2. The van der Waals surface area contributed by atoms with Gasteiger partial charge in [-0.15, -0.1) is 0 Å².